The highest BCUT2D eigenvalue weighted by atomic mass is 19.4. The molecule has 2 bridgehead atoms. The fraction of sp³-hybridized carbons (Fsp3) is 0.471. The van der Waals surface area contributed by atoms with Crippen molar-refractivity contribution in [3.63, 3.8) is 0 Å². The second kappa shape index (κ2) is 4.61. The van der Waals surface area contributed by atoms with Crippen molar-refractivity contribution in [1.82, 2.24) is 0 Å². The first-order valence-electron chi connectivity index (χ1n) is 7.62. The second-order valence-electron chi connectivity index (χ2n) is 6.48. The Kier molecular flexibility index (Phi) is 2.90. The lowest BCUT2D eigenvalue weighted by atomic mass is 9.63. The maximum atomic E-state index is 12.9. The van der Waals surface area contributed by atoms with Gasteiger partial charge in [-0.1, -0.05) is 18.2 Å². The Morgan fingerprint density at radius 3 is 2.45 bits per heavy atom. The molecule has 0 spiro atoms. The molecule has 0 N–H and O–H groups in total. The molecule has 1 saturated heterocycles. The van der Waals surface area contributed by atoms with E-state index in [4.69, 9.17) is 0 Å². The van der Waals surface area contributed by atoms with Crippen LogP contribution in [-0.4, -0.2) is 12.5 Å². The summed E-state index contributed by atoms with van der Waals surface area (Å²) in [6.07, 6.45) is 2.05. The van der Waals surface area contributed by atoms with E-state index in [0.29, 0.717) is 18.2 Å². The minimum absolute atomic E-state index is 0.0108. The van der Waals surface area contributed by atoms with Crippen molar-refractivity contribution in [2.45, 2.75) is 19.0 Å². The van der Waals surface area contributed by atoms with Gasteiger partial charge in [-0.05, 0) is 48.8 Å². The van der Waals surface area contributed by atoms with Crippen LogP contribution >= 0.6 is 0 Å². The number of rotatable bonds is 1. The molecule has 1 saturated carbocycles. The lowest BCUT2D eigenvalue weighted by Crippen LogP contribution is -2.37. The van der Waals surface area contributed by atoms with Gasteiger partial charge in [-0.15, -0.1) is 0 Å². The predicted octanol–water partition coefficient (Wildman–Crippen LogP) is 3.88. The molecule has 1 aromatic rings. The van der Waals surface area contributed by atoms with Gasteiger partial charge in [-0.2, -0.15) is 13.2 Å². The van der Waals surface area contributed by atoms with E-state index in [-0.39, 0.29) is 23.7 Å². The monoisotopic (exact) mass is 307 g/mol. The zero-order valence-electron chi connectivity index (χ0n) is 11.9. The summed E-state index contributed by atoms with van der Waals surface area (Å²) < 4.78 is 38.6. The van der Waals surface area contributed by atoms with Crippen molar-refractivity contribution >= 4 is 11.6 Å². The highest BCUT2D eigenvalue weighted by Crippen LogP contribution is 2.49. The van der Waals surface area contributed by atoms with Crippen molar-refractivity contribution in [1.29, 1.82) is 0 Å². The molecule has 4 atom stereocenters. The van der Waals surface area contributed by atoms with Gasteiger partial charge in [-0.3, -0.25) is 4.79 Å². The lowest BCUT2D eigenvalue weighted by molar-refractivity contribution is -0.137. The fourth-order valence-electron chi connectivity index (χ4n) is 4.28. The van der Waals surface area contributed by atoms with Crippen LogP contribution < -0.4 is 4.90 Å². The highest BCUT2D eigenvalue weighted by molar-refractivity contribution is 5.98. The van der Waals surface area contributed by atoms with E-state index in [1.165, 1.54) is 6.07 Å². The maximum absolute atomic E-state index is 12.9. The molecular formula is C17H16F3NO. The van der Waals surface area contributed by atoms with Gasteiger partial charge < -0.3 is 4.90 Å². The Balaban J connectivity index is 1.67. The Labute approximate surface area is 126 Å². The van der Waals surface area contributed by atoms with Crippen LogP contribution in [0.3, 0.4) is 0 Å². The zero-order valence-corrected chi connectivity index (χ0v) is 11.9. The summed E-state index contributed by atoms with van der Waals surface area (Å²) in [6.45, 7) is 0.538. The number of hydrogen-bond donors (Lipinski definition) is 0. The number of anilines is 1. The van der Waals surface area contributed by atoms with Crippen molar-refractivity contribution in [2.24, 2.45) is 23.7 Å². The molecule has 2 unspecified atom stereocenters. The van der Waals surface area contributed by atoms with Crippen LogP contribution in [0.25, 0.3) is 0 Å². The number of alkyl halides is 3. The number of halogens is 3. The summed E-state index contributed by atoms with van der Waals surface area (Å²) in [4.78, 5) is 14.3. The SMILES string of the molecule is O=C1[C@H]2C3C=CC(CC3)[C@H]2CN1c1cccc(C(F)(F)F)c1. The number of carbonyl (C=O) groups is 1. The molecule has 1 amide bonds. The van der Waals surface area contributed by atoms with E-state index < -0.39 is 11.7 Å². The predicted molar refractivity (Wildman–Crippen MR) is 76.1 cm³/mol. The molecule has 4 aliphatic rings. The quantitative estimate of drug-likeness (QED) is 0.721. The third-order valence-electron chi connectivity index (χ3n) is 5.34. The zero-order chi connectivity index (χ0) is 15.5. The van der Waals surface area contributed by atoms with E-state index in [2.05, 4.69) is 12.2 Å². The Morgan fingerprint density at radius 2 is 1.82 bits per heavy atom. The summed E-state index contributed by atoms with van der Waals surface area (Å²) >= 11 is 0. The third-order valence-corrected chi connectivity index (χ3v) is 5.34. The summed E-state index contributed by atoms with van der Waals surface area (Å²) in [7, 11) is 0. The first kappa shape index (κ1) is 13.9. The van der Waals surface area contributed by atoms with E-state index in [1.54, 1.807) is 11.0 Å². The molecule has 116 valence electrons. The van der Waals surface area contributed by atoms with Crippen LogP contribution in [0.2, 0.25) is 0 Å². The minimum Gasteiger partial charge on any atom is -0.312 e. The van der Waals surface area contributed by atoms with Crippen LogP contribution in [-0.2, 0) is 11.0 Å². The molecule has 0 radical (unpaired) electrons. The van der Waals surface area contributed by atoms with E-state index in [0.717, 1.165) is 25.0 Å². The van der Waals surface area contributed by atoms with Crippen LogP contribution in [0.5, 0.6) is 0 Å². The van der Waals surface area contributed by atoms with E-state index >= 15 is 0 Å². The number of nitrogens with zero attached hydrogens (tertiary/aromatic N) is 1. The summed E-state index contributed by atoms with van der Waals surface area (Å²) in [6, 6.07) is 5.10. The minimum atomic E-state index is -4.38. The Bertz CT molecular complexity index is 652. The average molecular weight is 307 g/mol. The fourth-order valence-corrected chi connectivity index (χ4v) is 4.28. The van der Waals surface area contributed by atoms with Gasteiger partial charge >= 0.3 is 6.18 Å². The maximum Gasteiger partial charge on any atom is 0.416 e. The van der Waals surface area contributed by atoms with Gasteiger partial charge in [0.2, 0.25) is 5.91 Å². The summed E-state index contributed by atoms with van der Waals surface area (Å²) in [5.74, 6) is 0.862. The number of fused-ring (bicyclic) bond motifs is 1. The van der Waals surface area contributed by atoms with Crippen LogP contribution in [0.1, 0.15) is 18.4 Å². The molecule has 2 fully saturated rings. The third kappa shape index (κ3) is 1.98. The normalized spacial score (nSPS) is 33.4. The molecular weight excluding hydrogens is 291 g/mol. The number of carbonyl (C=O) groups excluding carboxylic acids is 1. The first-order valence-corrected chi connectivity index (χ1v) is 7.62. The number of hydrogen-bond acceptors (Lipinski definition) is 1. The average Bonchev–Trinajstić information content (AvgIpc) is 2.88. The van der Waals surface area contributed by atoms with Gasteiger partial charge in [0.05, 0.1) is 5.56 Å². The number of amides is 1. The van der Waals surface area contributed by atoms with E-state index in [1.807, 2.05) is 0 Å². The molecule has 1 aromatic carbocycles. The largest absolute Gasteiger partial charge is 0.416 e. The van der Waals surface area contributed by atoms with Gasteiger partial charge in [0, 0.05) is 18.2 Å². The highest BCUT2D eigenvalue weighted by Gasteiger charge is 2.51. The van der Waals surface area contributed by atoms with Gasteiger partial charge in [0.15, 0.2) is 0 Å². The lowest BCUT2D eigenvalue weighted by Gasteiger charge is -2.39. The molecule has 2 nitrogen and oxygen atoms in total. The van der Waals surface area contributed by atoms with Crippen molar-refractivity contribution in [3.8, 4) is 0 Å². The second-order valence-corrected chi connectivity index (χ2v) is 6.48. The molecule has 3 aliphatic carbocycles. The van der Waals surface area contributed by atoms with Crippen LogP contribution in [0.15, 0.2) is 36.4 Å². The standard InChI is InChI=1S/C17H16F3NO/c18-17(19,20)12-2-1-3-13(8-12)21-9-14-10-4-6-11(7-5-10)15(14)16(21)22/h1-4,6,8,10-11,14-15H,5,7,9H2/t10?,11?,14-,15+/m1/s1. The van der Waals surface area contributed by atoms with Crippen molar-refractivity contribution < 1.29 is 18.0 Å². The molecule has 5 heteroatoms. The van der Waals surface area contributed by atoms with Crippen molar-refractivity contribution in [2.75, 3.05) is 11.4 Å². The van der Waals surface area contributed by atoms with Gasteiger partial charge in [0.1, 0.15) is 0 Å². The van der Waals surface area contributed by atoms with Gasteiger partial charge in [0.25, 0.3) is 0 Å². The number of allylic oxidation sites excluding steroid dienone is 2. The smallest absolute Gasteiger partial charge is 0.312 e. The molecule has 1 aliphatic heterocycles. The number of benzene rings is 1. The Morgan fingerprint density at radius 1 is 1.09 bits per heavy atom. The van der Waals surface area contributed by atoms with Crippen molar-refractivity contribution in [3.05, 3.63) is 42.0 Å². The molecule has 5 rings (SSSR count). The summed E-state index contributed by atoms with van der Waals surface area (Å²) in [5, 5.41) is 0. The van der Waals surface area contributed by atoms with Crippen LogP contribution in [0.4, 0.5) is 18.9 Å². The molecule has 22 heavy (non-hydrogen) atoms. The Hall–Kier alpha value is -1.78. The first-order chi connectivity index (χ1) is 10.4. The topological polar surface area (TPSA) is 20.3 Å². The van der Waals surface area contributed by atoms with E-state index in [9.17, 15) is 18.0 Å². The molecule has 0 aromatic heterocycles. The summed E-state index contributed by atoms with van der Waals surface area (Å²) in [5.41, 5.74) is -0.331. The van der Waals surface area contributed by atoms with Crippen LogP contribution in [0, 0.1) is 23.7 Å². The van der Waals surface area contributed by atoms with Gasteiger partial charge in [-0.25, -0.2) is 0 Å². The molecule has 1 heterocycles.